The molecule has 0 spiro atoms. The van der Waals surface area contributed by atoms with Crippen LogP contribution in [-0.4, -0.2) is 67.6 Å². The van der Waals surface area contributed by atoms with Crippen LogP contribution in [0.5, 0.6) is 0 Å². The topological polar surface area (TPSA) is 61.9 Å². The van der Waals surface area contributed by atoms with E-state index in [9.17, 15) is 9.59 Å². The maximum absolute atomic E-state index is 12.6. The average molecular weight is 317 g/mol. The van der Waals surface area contributed by atoms with E-state index < -0.39 is 0 Å². The Morgan fingerprint density at radius 3 is 2.70 bits per heavy atom. The van der Waals surface area contributed by atoms with Crippen molar-refractivity contribution >= 4 is 17.5 Å². The van der Waals surface area contributed by atoms with Crippen molar-refractivity contribution < 1.29 is 14.3 Å². The van der Waals surface area contributed by atoms with E-state index in [-0.39, 0.29) is 17.9 Å². The zero-order valence-corrected chi connectivity index (χ0v) is 13.5. The molecule has 1 atom stereocenters. The number of nitrogens with one attached hydrogen (secondary N) is 1. The molecule has 0 saturated carbocycles. The molecule has 2 fully saturated rings. The van der Waals surface area contributed by atoms with E-state index in [2.05, 4.69) is 17.3 Å². The van der Waals surface area contributed by atoms with Gasteiger partial charge in [-0.05, 0) is 38.1 Å². The van der Waals surface area contributed by atoms with Gasteiger partial charge in [-0.15, -0.1) is 0 Å². The van der Waals surface area contributed by atoms with Gasteiger partial charge in [-0.1, -0.05) is 6.07 Å². The summed E-state index contributed by atoms with van der Waals surface area (Å²) >= 11 is 0. The lowest BCUT2D eigenvalue weighted by Gasteiger charge is -2.32. The number of benzene rings is 1. The lowest BCUT2D eigenvalue weighted by Crippen LogP contribution is -2.47. The van der Waals surface area contributed by atoms with Crippen molar-refractivity contribution in [1.82, 2.24) is 9.80 Å². The fraction of sp³-hybridized carbons (Fsp3) is 0.529. The van der Waals surface area contributed by atoms with Crippen molar-refractivity contribution in [2.75, 3.05) is 45.2 Å². The summed E-state index contributed by atoms with van der Waals surface area (Å²) in [6, 6.07) is 7.14. The van der Waals surface area contributed by atoms with Crippen LogP contribution in [0.25, 0.3) is 0 Å². The summed E-state index contributed by atoms with van der Waals surface area (Å²) < 4.78 is 5.38. The number of nitrogens with zero attached hydrogens (tertiary/aromatic N) is 2. The summed E-state index contributed by atoms with van der Waals surface area (Å²) in [7, 11) is 2.06. The zero-order chi connectivity index (χ0) is 16.2. The predicted molar refractivity (Wildman–Crippen MR) is 87.4 cm³/mol. The van der Waals surface area contributed by atoms with Crippen LogP contribution in [0, 0.1) is 0 Å². The van der Waals surface area contributed by atoms with Crippen molar-refractivity contribution in [3.8, 4) is 0 Å². The van der Waals surface area contributed by atoms with Gasteiger partial charge in [0.1, 0.15) is 6.10 Å². The molecule has 124 valence electrons. The van der Waals surface area contributed by atoms with Gasteiger partial charge in [-0.2, -0.15) is 0 Å². The number of rotatable bonds is 3. The summed E-state index contributed by atoms with van der Waals surface area (Å²) in [6.07, 6.45) is 1.30. The second kappa shape index (κ2) is 7.10. The van der Waals surface area contributed by atoms with Crippen LogP contribution in [0.1, 0.15) is 23.2 Å². The molecule has 0 aromatic heterocycles. The smallest absolute Gasteiger partial charge is 0.254 e. The van der Waals surface area contributed by atoms with E-state index in [1.54, 1.807) is 24.3 Å². The first-order valence-corrected chi connectivity index (χ1v) is 8.14. The molecule has 2 amide bonds. The summed E-state index contributed by atoms with van der Waals surface area (Å²) in [5.74, 6) is -0.113. The highest BCUT2D eigenvalue weighted by atomic mass is 16.5. The van der Waals surface area contributed by atoms with Crippen molar-refractivity contribution in [3.63, 3.8) is 0 Å². The van der Waals surface area contributed by atoms with Gasteiger partial charge < -0.3 is 19.9 Å². The number of hydrogen-bond donors (Lipinski definition) is 1. The number of anilines is 1. The maximum Gasteiger partial charge on any atom is 0.254 e. The van der Waals surface area contributed by atoms with Crippen LogP contribution in [0.2, 0.25) is 0 Å². The number of carbonyl (C=O) groups is 2. The normalized spacial score (nSPS) is 22.1. The highest BCUT2D eigenvalue weighted by Crippen LogP contribution is 2.17. The van der Waals surface area contributed by atoms with Gasteiger partial charge in [0.15, 0.2) is 0 Å². The van der Waals surface area contributed by atoms with Crippen LogP contribution >= 0.6 is 0 Å². The Balaban J connectivity index is 1.64. The minimum absolute atomic E-state index is 0.0197. The van der Waals surface area contributed by atoms with Crippen LogP contribution in [0.4, 0.5) is 5.69 Å². The molecule has 6 heteroatoms. The van der Waals surface area contributed by atoms with E-state index in [1.165, 1.54) is 0 Å². The van der Waals surface area contributed by atoms with Crippen LogP contribution in [-0.2, 0) is 9.53 Å². The molecule has 0 bridgehead atoms. The standard InChI is InChI=1S/C17H23N3O3/c1-19-7-9-20(10-8-19)17(22)13-4-2-5-14(12-13)18-16(21)15-6-3-11-23-15/h2,4-5,12,15H,3,6-11H2,1H3,(H,18,21). The number of amides is 2. The van der Waals surface area contributed by atoms with Crippen molar-refractivity contribution in [3.05, 3.63) is 29.8 Å². The minimum Gasteiger partial charge on any atom is -0.368 e. The minimum atomic E-state index is -0.369. The molecule has 1 N–H and O–H groups in total. The number of carbonyl (C=O) groups excluding carboxylic acids is 2. The maximum atomic E-state index is 12.6. The second-order valence-electron chi connectivity index (χ2n) is 6.17. The highest BCUT2D eigenvalue weighted by Gasteiger charge is 2.24. The number of ether oxygens (including phenoxy) is 1. The fourth-order valence-corrected chi connectivity index (χ4v) is 2.93. The quantitative estimate of drug-likeness (QED) is 0.910. The van der Waals surface area contributed by atoms with Crippen molar-refractivity contribution in [1.29, 1.82) is 0 Å². The van der Waals surface area contributed by atoms with Gasteiger partial charge in [0.2, 0.25) is 0 Å². The Labute approximate surface area is 136 Å². The lowest BCUT2D eigenvalue weighted by atomic mass is 10.1. The summed E-state index contributed by atoms with van der Waals surface area (Å²) in [4.78, 5) is 28.7. The largest absolute Gasteiger partial charge is 0.368 e. The second-order valence-corrected chi connectivity index (χ2v) is 6.17. The van der Waals surface area contributed by atoms with E-state index in [4.69, 9.17) is 4.74 Å². The van der Waals surface area contributed by atoms with Gasteiger partial charge in [-0.3, -0.25) is 9.59 Å². The van der Waals surface area contributed by atoms with Gasteiger partial charge in [0, 0.05) is 44.0 Å². The Morgan fingerprint density at radius 2 is 2.00 bits per heavy atom. The number of likely N-dealkylation sites (N-methyl/N-ethyl adjacent to an activating group) is 1. The van der Waals surface area contributed by atoms with E-state index in [0.29, 0.717) is 17.9 Å². The number of hydrogen-bond acceptors (Lipinski definition) is 4. The Kier molecular flexibility index (Phi) is 4.93. The molecular formula is C17H23N3O3. The van der Waals surface area contributed by atoms with Gasteiger partial charge in [-0.25, -0.2) is 0 Å². The number of piperazine rings is 1. The fourth-order valence-electron chi connectivity index (χ4n) is 2.93. The molecule has 0 radical (unpaired) electrons. The van der Waals surface area contributed by atoms with Crippen molar-refractivity contribution in [2.45, 2.75) is 18.9 Å². The van der Waals surface area contributed by atoms with E-state index in [0.717, 1.165) is 39.0 Å². The Hall–Kier alpha value is -1.92. The monoisotopic (exact) mass is 317 g/mol. The predicted octanol–water partition coefficient (Wildman–Crippen LogP) is 1.19. The first-order valence-electron chi connectivity index (χ1n) is 8.14. The summed E-state index contributed by atoms with van der Waals surface area (Å²) in [5, 5.41) is 2.85. The molecule has 2 aliphatic heterocycles. The van der Waals surface area contributed by atoms with Gasteiger partial charge in [0.05, 0.1) is 0 Å². The molecule has 0 aliphatic carbocycles. The molecule has 1 aromatic carbocycles. The third-order valence-electron chi connectivity index (χ3n) is 4.39. The molecule has 1 aromatic rings. The first-order chi connectivity index (χ1) is 11.1. The molecule has 2 saturated heterocycles. The molecular weight excluding hydrogens is 294 g/mol. The highest BCUT2D eigenvalue weighted by molar-refractivity contribution is 5.98. The molecule has 3 rings (SSSR count). The molecule has 2 heterocycles. The van der Waals surface area contributed by atoms with Crippen LogP contribution < -0.4 is 5.32 Å². The zero-order valence-electron chi connectivity index (χ0n) is 13.5. The molecule has 2 aliphatic rings. The molecule has 23 heavy (non-hydrogen) atoms. The first kappa shape index (κ1) is 16.0. The summed E-state index contributed by atoms with van der Waals surface area (Å²) in [5.41, 5.74) is 1.25. The molecule has 6 nitrogen and oxygen atoms in total. The third-order valence-corrected chi connectivity index (χ3v) is 4.39. The van der Waals surface area contributed by atoms with Gasteiger partial charge >= 0.3 is 0 Å². The Bertz CT molecular complexity index is 576. The SMILES string of the molecule is CN1CCN(C(=O)c2cccc(NC(=O)C3CCCO3)c2)CC1. The average Bonchev–Trinajstić information content (AvgIpc) is 3.10. The van der Waals surface area contributed by atoms with Crippen molar-refractivity contribution in [2.24, 2.45) is 0 Å². The van der Waals surface area contributed by atoms with Crippen LogP contribution in [0.3, 0.4) is 0 Å². The lowest BCUT2D eigenvalue weighted by molar-refractivity contribution is -0.124. The van der Waals surface area contributed by atoms with E-state index in [1.807, 2.05) is 4.90 Å². The summed E-state index contributed by atoms with van der Waals surface area (Å²) in [6.45, 7) is 3.89. The molecule has 1 unspecified atom stereocenters. The van der Waals surface area contributed by atoms with E-state index >= 15 is 0 Å². The Morgan fingerprint density at radius 1 is 1.22 bits per heavy atom. The third kappa shape index (κ3) is 3.89. The van der Waals surface area contributed by atoms with Gasteiger partial charge in [0.25, 0.3) is 11.8 Å². The van der Waals surface area contributed by atoms with Crippen LogP contribution in [0.15, 0.2) is 24.3 Å².